The van der Waals surface area contributed by atoms with E-state index in [1.54, 1.807) is 54.6 Å². The predicted octanol–water partition coefficient (Wildman–Crippen LogP) is 3.21. The van der Waals surface area contributed by atoms with Crippen LogP contribution in [-0.4, -0.2) is 29.3 Å². The van der Waals surface area contributed by atoms with Crippen LogP contribution in [0.2, 0.25) is 0 Å². The lowest BCUT2D eigenvalue weighted by molar-refractivity contribution is -0.116. The molecule has 2 aromatic carbocycles. The summed E-state index contributed by atoms with van der Waals surface area (Å²) in [6.45, 7) is -0.474. The molecule has 5 aromatic rings. The van der Waals surface area contributed by atoms with Gasteiger partial charge in [0.25, 0.3) is 5.56 Å². The van der Waals surface area contributed by atoms with Gasteiger partial charge >= 0.3 is 5.69 Å². The van der Waals surface area contributed by atoms with Crippen molar-refractivity contribution in [2.24, 2.45) is 0 Å². The Hall–Kier alpha value is -4.73. The van der Waals surface area contributed by atoms with Crippen LogP contribution in [0.25, 0.3) is 22.1 Å². The maximum atomic E-state index is 13.5. The SMILES string of the molecule is COc1ccc(NC(=O)Cn2c(=O)n(Cc3ccco3)c(=O)c3oc4ccccc4c32)c(OC)c1. The molecule has 3 heterocycles. The zero-order chi connectivity index (χ0) is 24.5. The number of methoxy groups -OCH3 is 2. The van der Waals surface area contributed by atoms with Crippen molar-refractivity contribution in [1.29, 1.82) is 0 Å². The van der Waals surface area contributed by atoms with Crippen LogP contribution in [0.5, 0.6) is 11.5 Å². The minimum atomic E-state index is -0.665. The molecular formula is C25H21N3O7. The van der Waals surface area contributed by atoms with Crippen LogP contribution in [-0.2, 0) is 17.9 Å². The second kappa shape index (κ2) is 8.90. The summed E-state index contributed by atoms with van der Waals surface area (Å²) in [5, 5.41) is 3.31. The molecule has 10 heteroatoms. The summed E-state index contributed by atoms with van der Waals surface area (Å²) in [4.78, 5) is 39.8. The molecule has 0 atom stereocenters. The van der Waals surface area contributed by atoms with Gasteiger partial charge in [-0.15, -0.1) is 0 Å². The van der Waals surface area contributed by atoms with Crippen molar-refractivity contribution in [3.63, 3.8) is 0 Å². The minimum absolute atomic E-state index is 0.0211. The van der Waals surface area contributed by atoms with Gasteiger partial charge in [0, 0.05) is 11.5 Å². The van der Waals surface area contributed by atoms with Crippen molar-refractivity contribution in [2.75, 3.05) is 19.5 Å². The zero-order valence-electron chi connectivity index (χ0n) is 18.9. The van der Waals surface area contributed by atoms with E-state index in [0.29, 0.717) is 33.9 Å². The van der Waals surface area contributed by atoms with Gasteiger partial charge in [-0.2, -0.15) is 0 Å². The fraction of sp³-hybridized carbons (Fsp3) is 0.160. The number of hydrogen-bond acceptors (Lipinski definition) is 7. The van der Waals surface area contributed by atoms with Gasteiger partial charge in [0.05, 0.1) is 32.7 Å². The number of benzene rings is 2. The lowest BCUT2D eigenvalue weighted by Gasteiger charge is -2.14. The first-order chi connectivity index (χ1) is 17.0. The standard InChI is InChI=1S/C25H21N3O7/c1-32-15-9-10-18(20(12-15)33-2)26-21(29)14-27-22-17-7-3-4-8-19(17)35-23(22)24(30)28(25(27)31)13-16-6-5-11-34-16/h3-12H,13-14H2,1-2H3,(H,26,29). The molecule has 1 amide bonds. The van der Waals surface area contributed by atoms with E-state index in [2.05, 4.69) is 5.32 Å². The van der Waals surface area contributed by atoms with E-state index < -0.39 is 17.2 Å². The van der Waals surface area contributed by atoms with Crippen molar-refractivity contribution in [3.05, 3.63) is 87.5 Å². The Morgan fingerprint density at radius 2 is 1.83 bits per heavy atom. The van der Waals surface area contributed by atoms with Crippen LogP contribution >= 0.6 is 0 Å². The van der Waals surface area contributed by atoms with Gasteiger partial charge in [-0.3, -0.25) is 14.2 Å². The van der Waals surface area contributed by atoms with Gasteiger partial charge in [-0.25, -0.2) is 9.36 Å². The van der Waals surface area contributed by atoms with E-state index in [9.17, 15) is 14.4 Å². The second-order valence-corrected chi connectivity index (χ2v) is 7.73. The molecule has 0 unspecified atom stereocenters. The number of furan rings is 2. The Bertz CT molecular complexity index is 1660. The number of hydrogen-bond donors (Lipinski definition) is 1. The first-order valence-corrected chi connectivity index (χ1v) is 10.7. The molecule has 178 valence electrons. The van der Waals surface area contributed by atoms with Crippen LogP contribution in [0, 0.1) is 0 Å². The number of amides is 1. The van der Waals surface area contributed by atoms with Gasteiger partial charge in [-0.1, -0.05) is 12.1 Å². The van der Waals surface area contributed by atoms with Crippen molar-refractivity contribution in [1.82, 2.24) is 9.13 Å². The summed E-state index contributed by atoms with van der Waals surface area (Å²) in [5.41, 5.74) is -0.201. The van der Waals surface area contributed by atoms with Crippen LogP contribution in [0.4, 0.5) is 5.69 Å². The molecule has 3 aromatic heterocycles. The van der Waals surface area contributed by atoms with Crippen molar-refractivity contribution < 1.29 is 23.1 Å². The molecule has 0 spiro atoms. The Kier molecular flexibility index (Phi) is 5.61. The van der Waals surface area contributed by atoms with Crippen molar-refractivity contribution >= 4 is 33.7 Å². The molecule has 0 aliphatic rings. The third kappa shape index (κ3) is 3.95. The minimum Gasteiger partial charge on any atom is -0.497 e. The third-order valence-corrected chi connectivity index (χ3v) is 5.62. The smallest absolute Gasteiger partial charge is 0.332 e. The number of nitrogens with one attached hydrogen (secondary N) is 1. The number of aromatic nitrogens is 2. The van der Waals surface area contributed by atoms with Crippen LogP contribution < -0.4 is 26.0 Å². The molecule has 0 fully saturated rings. The Labute approximate surface area is 197 Å². The highest BCUT2D eigenvalue weighted by Gasteiger charge is 2.22. The molecule has 0 radical (unpaired) electrons. The summed E-state index contributed by atoms with van der Waals surface area (Å²) in [6, 6.07) is 15.2. The first kappa shape index (κ1) is 22.1. The van der Waals surface area contributed by atoms with Gasteiger partial charge in [0.15, 0.2) is 0 Å². The van der Waals surface area contributed by atoms with Crippen LogP contribution in [0.1, 0.15) is 5.76 Å². The summed E-state index contributed by atoms with van der Waals surface area (Å²) in [6.07, 6.45) is 1.45. The molecular weight excluding hydrogens is 454 g/mol. The lowest BCUT2D eigenvalue weighted by atomic mass is 10.2. The summed E-state index contributed by atoms with van der Waals surface area (Å²) < 4.78 is 23.9. The highest BCUT2D eigenvalue weighted by molar-refractivity contribution is 6.03. The average molecular weight is 475 g/mol. The highest BCUT2D eigenvalue weighted by atomic mass is 16.5. The number of carbonyl (C=O) groups is 1. The molecule has 1 N–H and O–H groups in total. The molecule has 5 rings (SSSR count). The number of para-hydroxylation sites is 1. The van der Waals surface area contributed by atoms with Gasteiger partial charge in [0.1, 0.15) is 34.9 Å². The topological polar surface area (TPSA) is 118 Å². The third-order valence-electron chi connectivity index (χ3n) is 5.62. The molecule has 0 bridgehead atoms. The predicted molar refractivity (Wildman–Crippen MR) is 128 cm³/mol. The van der Waals surface area contributed by atoms with E-state index in [4.69, 9.17) is 18.3 Å². The van der Waals surface area contributed by atoms with E-state index in [-0.39, 0.29) is 24.2 Å². The quantitative estimate of drug-likeness (QED) is 0.384. The summed E-state index contributed by atoms with van der Waals surface area (Å²) in [5.74, 6) is 0.878. The average Bonchev–Trinajstić information content (AvgIpc) is 3.52. The Balaban J connectivity index is 1.61. The maximum absolute atomic E-state index is 13.5. The van der Waals surface area contributed by atoms with Gasteiger partial charge in [0.2, 0.25) is 11.5 Å². The molecule has 0 saturated heterocycles. The number of rotatable bonds is 7. The van der Waals surface area contributed by atoms with E-state index in [1.807, 2.05) is 0 Å². The van der Waals surface area contributed by atoms with Crippen molar-refractivity contribution in [2.45, 2.75) is 13.1 Å². The number of nitrogens with zero attached hydrogens (tertiary/aromatic N) is 2. The molecule has 0 aliphatic heterocycles. The fourth-order valence-electron chi connectivity index (χ4n) is 3.98. The molecule has 10 nitrogen and oxygen atoms in total. The summed E-state index contributed by atoms with van der Waals surface area (Å²) >= 11 is 0. The van der Waals surface area contributed by atoms with Crippen molar-refractivity contribution in [3.8, 4) is 11.5 Å². The maximum Gasteiger partial charge on any atom is 0.332 e. The number of fused-ring (bicyclic) bond motifs is 3. The molecule has 0 saturated carbocycles. The van der Waals surface area contributed by atoms with Crippen LogP contribution in [0.3, 0.4) is 0 Å². The van der Waals surface area contributed by atoms with Crippen LogP contribution in [0.15, 0.2) is 79.3 Å². The lowest BCUT2D eigenvalue weighted by Crippen LogP contribution is -2.41. The fourth-order valence-corrected chi connectivity index (χ4v) is 3.98. The highest BCUT2D eigenvalue weighted by Crippen LogP contribution is 2.29. The summed E-state index contributed by atoms with van der Waals surface area (Å²) in [7, 11) is 3.00. The van der Waals surface area contributed by atoms with E-state index in [0.717, 1.165) is 4.57 Å². The van der Waals surface area contributed by atoms with E-state index >= 15 is 0 Å². The number of anilines is 1. The second-order valence-electron chi connectivity index (χ2n) is 7.73. The Morgan fingerprint density at radius 1 is 1.00 bits per heavy atom. The number of carbonyl (C=O) groups excluding carboxylic acids is 1. The normalized spacial score (nSPS) is 11.1. The van der Waals surface area contributed by atoms with Gasteiger partial charge < -0.3 is 23.6 Å². The van der Waals surface area contributed by atoms with E-state index in [1.165, 1.54) is 25.0 Å². The number of ether oxygens (including phenoxy) is 2. The largest absolute Gasteiger partial charge is 0.497 e. The molecule has 35 heavy (non-hydrogen) atoms. The monoisotopic (exact) mass is 475 g/mol. The molecule has 0 aliphatic carbocycles. The zero-order valence-corrected chi connectivity index (χ0v) is 18.9. The Morgan fingerprint density at radius 3 is 2.57 bits per heavy atom. The first-order valence-electron chi connectivity index (χ1n) is 10.7. The van der Waals surface area contributed by atoms with Gasteiger partial charge in [-0.05, 0) is 36.4 Å².